The largest absolute Gasteiger partial charge is 0.480 e. The Morgan fingerprint density at radius 2 is 1.85 bits per heavy atom. The summed E-state index contributed by atoms with van der Waals surface area (Å²) < 4.78 is 37.3. The number of benzene rings is 1. The number of hydrazone groups is 1. The Morgan fingerprint density at radius 3 is 2.25 bits per heavy atom. The molecule has 20 heavy (non-hydrogen) atoms. The van der Waals surface area contributed by atoms with Crippen molar-refractivity contribution in [1.82, 2.24) is 0 Å². The third kappa shape index (κ3) is 2.36. The molecule has 0 aromatic heterocycles. The summed E-state index contributed by atoms with van der Waals surface area (Å²) in [6.45, 7) is 1.38. The normalized spacial score (nSPS) is 19.2. The first-order valence-corrected chi connectivity index (χ1v) is 5.51. The van der Waals surface area contributed by atoms with Gasteiger partial charge in [-0.3, -0.25) is 9.59 Å². The van der Waals surface area contributed by atoms with E-state index in [2.05, 4.69) is 5.10 Å². The minimum atomic E-state index is -4.48. The fraction of sp³-hybridized carbons (Fsp3) is 0.250. The first-order valence-electron chi connectivity index (χ1n) is 5.51. The minimum absolute atomic E-state index is 0.0856. The highest BCUT2D eigenvalue weighted by Crippen LogP contribution is 2.31. The summed E-state index contributed by atoms with van der Waals surface area (Å²) in [6, 6.07) is 3.76. The van der Waals surface area contributed by atoms with E-state index in [1.54, 1.807) is 0 Å². The van der Waals surface area contributed by atoms with Crippen molar-refractivity contribution >= 4 is 23.3 Å². The van der Waals surface area contributed by atoms with Gasteiger partial charge in [-0.1, -0.05) is 0 Å². The van der Waals surface area contributed by atoms with Crippen LogP contribution in [0.25, 0.3) is 0 Å². The van der Waals surface area contributed by atoms with Crippen LogP contribution in [-0.2, 0) is 15.8 Å². The van der Waals surface area contributed by atoms with Crippen LogP contribution >= 0.6 is 0 Å². The number of carbonyl (C=O) groups excluding carboxylic acids is 1. The number of hydrogen-bond donors (Lipinski definition) is 1. The SMILES string of the molecule is CC1=NN(c2ccc(C(F)(F)F)cc2)C(=O)C1C(=O)O. The fourth-order valence-electron chi connectivity index (χ4n) is 1.83. The Bertz CT molecular complexity index is 593. The van der Waals surface area contributed by atoms with Crippen molar-refractivity contribution in [3.8, 4) is 0 Å². The van der Waals surface area contributed by atoms with Crippen molar-refractivity contribution in [2.24, 2.45) is 11.0 Å². The second-order valence-corrected chi connectivity index (χ2v) is 4.21. The lowest BCUT2D eigenvalue weighted by atomic mass is 10.1. The molecule has 8 heteroatoms. The Morgan fingerprint density at radius 1 is 1.30 bits per heavy atom. The van der Waals surface area contributed by atoms with Gasteiger partial charge in [-0.2, -0.15) is 23.3 Å². The topological polar surface area (TPSA) is 70.0 Å². The van der Waals surface area contributed by atoms with Crippen molar-refractivity contribution in [2.75, 3.05) is 5.01 Å². The summed E-state index contributed by atoms with van der Waals surface area (Å²) in [5.74, 6) is -3.53. The molecule has 1 aromatic rings. The molecule has 1 atom stereocenters. The molecule has 0 radical (unpaired) electrons. The molecule has 0 fully saturated rings. The highest BCUT2D eigenvalue weighted by Gasteiger charge is 2.40. The van der Waals surface area contributed by atoms with Gasteiger partial charge in [0, 0.05) is 0 Å². The number of alkyl halides is 3. The molecule has 0 bridgehead atoms. The molecule has 1 N–H and O–H groups in total. The smallest absolute Gasteiger partial charge is 0.416 e. The van der Waals surface area contributed by atoms with Gasteiger partial charge in [-0.25, -0.2) is 0 Å². The molecular formula is C12H9F3N2O3. The first-order chi connectivity index (χ1) is 9.21. The maximum absolute atomic E-state index is 12.4. The highest BCUT2D eigenvalue weighted by molar-refractivity contribution is 6.25. The Kier molecular flexibility index (Phi) is 3.24. The summed E-state index contributed by atoms with van der Waals surface area (Å²) in [5.41, 5.74) is -0.683. The standard InChI is InChI=1S/C12H9F3N2O3/c1-6-9(11(19)20)10(18)17(16-6)8-4-2-7(3-5-8)12(13,14)15/h2-5,9H,1H3,(H,19,20). The van der Waals surface area contributed by atoms with Crippen LogP contribution in [0, 0.1) is 5.92 Å². The average molecular weight is 286 g/mol. The highest BCUT2D eigenvalue weighted by atomic mass is 19.4. The molecule has 0 saturated heterocycles. The first kappa shape index (κ1) is 14.0. The van der Waals surface area contributed by atoms with Crippen LogP contribution < -0.4 is 5.01 Å². The zero-order valence-corrected chi connectivity index (χ0v) is 10.2. The second kappa shape index (κ2) is 4.62. The molecule has 5 nitrogen and oxygen atoms in total. The van der Waals surface area contributed by atoms with Crippen LogP contribution in [0.4, 0.5) is 18.9 Å². The maximum atomic E-state index is 12.4. The molecule has 0 spiro atoms. The number of rotatable bonds is 2. The van der Waals surface area contributed by atoms with E-state index < -0.39 is 29.5 Å². The van der Waals surface area contributed by atoms with Crippen LogP contribution in [0.2, 0.25) is 0 Å². The molecule has 0 aliphatic carbocycles. The van der Waals surface area contributed by atoms with Crippen molar-refractivity contribution in [1.29, 1.82) is 0 Å². The monoisotopic (exact) mass is 286 g/mol. The quantitative estimate of drug-likeness (QED) is 0.847. The van der Waals surface area contributed by atoms with E-state index >= 15 is 0 Å². The van der Waals surface area contributed by atoms with Crippen molar-refractivity contribution in [2.45, 2.75) is 13.1 Å². The molecule has 1 aromatic carbocycles. The molecule has 1 aliphatic heterocycles. The predicted octanol–water partition coefficient (Wildman–Crippen LogP) is 2.13. The lowest BCUT2D eigenvalue weighted by Gasteiger charge is -2.14. The van der Waals surface area contributed by atoms with Crippen LogP contribution in [0.15, 0.2) is 29.4 Å². The Hall–Kier alpha value is -2.38. The van der Waals surface area contributed by atoms with Gasteiger partial charge in [0.05, 0.1) is 17.0 Å². The molecule has 1 aliphatic rings. The lowest BCUT2D eigenvalue weighted by Crippen LogP contribution is -2.32. The number of carbonyl (C=O) groups is 2. The van der Waals surface area contributed by atoms with E-state index in [4.69, 9.17) is 5.11 Å². The van der Waals surface area contributed by atoms with Gasteiger partial charge >= 0.3 is 12.1 Å². The molecule has 2 rings (SSSR count). The molecule has 1 amide bonds. The van der Waals surface area contributed by atoms with Crippen molar-refractivity contribution in [3.63, 3.8) is 0 Å². The number of carboxylic acid groups (broad SMARTS) is 1. The van der Waals surface area contributed by atoms with Crippen molar-refractivity contribution in [3.05, 3.63) is 29.8 Å². The van der Waals surface area contributed by atoms with Gasteiger partial charge in [0.1, 0.15) is 0 Å². The predicted molar refractivity (Wildman–Crippen MR) is 63.2 cm³/mol. The average Bonchev–Trinajstić information content (AvgIpc) is 2.64. The van der Waals surface area contributed by atoms with Gasteiger partial charge in [0.15, 0.2) is 5.92 Å². The number of nitrogens with zero attached hydrogens (tertiary/aromatic N) is 2. The third-order valence-corrected chi connectivity index (χ3v) is 2.82. The van der Waals surface area contributed by atoms with Gasteiger partial charge < -0.3 is 5.11 Å². The summed E-state index contributed by atoms with van der Waals surface area (Å²) in [5, 5.41) is 13.5. The molecule has 1 unspecified atom stereocenters. The summed E-state index contributed by atoms with van der Waals surface area (Å²) in [6.07, 6.45) is -4.48. The number of carboxylic acids is 1. The van der Waals surface area contributed by atoms with Crippen LogP contribution in [-0.4, -0.2) is 22.7 Å². The van der Waals surface area contributed by atoms with Gasteiger partial charge in [0.2, 0.25) is 0 Å². The Labute approximate surface area is 111 Å². The number of anilines is 1. The fourth-order valence-corrected chi connectivity index (χ4v) is 1.83. The van der Waals surface area contributed by atoms with Crippen LogP contribution in [0.1, 0.15) is 12.5 Å². The van der Waals surface area contributed by atoms with E-state index in [0.29, 0.717) is 0 Å². The maximum Gasteiger partial charge on any atom is 0.416 e. The number of amides is 1. The molecular weight excluding hydrogens is 277 g/mol. The number of hydrogen-bond acceptors (Lipinski definition) is 3. The van der Waals surface area contributed by atoms with Crippen LogP contribution in [0.5, 0.6) is 0 Å². The summed E-state index contributed by atoms with van der Waals surface area (Å²) >= 11 is 0. The van der Waals surface area contributed by atoms with Crippen molar-refractivity contribution < 1.29 is 27.9 Å². The van der Waals surface area contributed by atoms with Gasteiger partial charge in [-0.05, 0) is 31.2 Å². The van der Waals surface area contributed by atoms with E-state index in [9.17, 15) is 22.8 Å². The molecule has 106 valence electrons. The second-order valence-electron chi connectivity index (χ2n) is 4.21. The summed E-state index contributed by atoms with van der Waals surface area (Å²) in [4.78, 5) is 22.8. The zero-order chi connectivity index (χ0) is 15.1. The van der Waals surface area contributed by atoms with E-state index in [-0.39, 0.29) is 11.4 Å². The lowest BCUT2D eigenvalue weighted by molar-refractivity contribution is -0.142. The minimum Gasteiger partial charge on any atom is -0.480 e. The van der Waals surface area contributed by atoms with Gasteiger partial charge in [-0.15, -0.1) is 0 Å². The van der Waals surface area contributed by atoms with E-state index in [1.807, 2.05) is 0 Å². The zero-order valence-electron chi connectivity index (χ0n) is 10.2. The molecule has 1 heterocycles. The Balaban J connectivity index is 2.30. The summed E-state index contributed by atoms with van der Waals surface area (Å²) in [7, 11) is 0. The molecule has 0 saturated carbocycles. The number of aliphatic carboxylic acids is 1. The van der Waals surface area contributed by atoms with Gasteiger partial charge in [0.25, 0.3) is 5.91 Å². The van der Waals surface area contributed by atoms with Crippen LogP contribution in [0.3, 0.4) is 0 Å². The van der Waals surface area contributed by atoms with E-state index in [1.165, 1.54) is 6.92 Å². The van der Waals surface area contributed by atoms with E-state index in [0.717, 1.165) is 29.3 Å². The number of halogens is 3. The third-order valence-electron chi connectivity index (χ3n) is 2.82.